The number of aryl methyl sites for hydroxylation is 1. The fourth-order valence-electron chi connectivity index (χ4n) is 4.51. The molecule has 1 aliphatic rings. The molecule has 5 rings (SSSR count). The molecule has 3 heterocycles. The quantitative estimate of drug-likeness (QED) is 0.346. The van der Waals surface area contributed by atoms with Crippen LogP contribution in [0.25, 0.3) is 15.9 Å². The molecule has 8 nitrogen and oxygen atoms in total. The fourth-order valence-corrected chi connectivity index (χ4v) is 5.32. The number of ether oxygens (including phenoxy) is 1. The summed E-state index contributed by atoms with van der Waals surface area (Å²) in [4.78, 5) is 8.96. The van der Waals surface area contributed by atoms with Crippen LogP contribution in [0.3, 0.4) is 0 Å². The number of aromatic nitrogens is 2. The number of aromatic hydroxyl groups is 2. The molecule has 4 aromatic rings. The van der Waals surface area contributed by atoms with Crippen LogP contribution in [0.1, 0.15) is 10.6 Å². The molecule has 2 aromatic carbocycles. The normalized spacial score (nSPS) is 16.1. The average Bonchev–Trinajstić information content (AvgIpc) is 3.36. The van der Waals surface area contributed by atoms with E-state index in [2.05, 4.69) is 14.8 Å². The summed E-state index contributed by atoms with van der Waals surface area (Å²) in [6.45, 7) is 6.56. The van der Waals surface area contributed by atoms with Crippen molar-refractivity contribution in [1.29, 1.82) is 0 Å². The number of β-amino-alcohol motifs (C(OH)–C–C–N with tert-alkyl or cyclic N) is 1. The smallest absolute Gasteiger partial charge is 0.203 e. The maximum atomic E-state index is 10.7. The Hall–Kier alpha value is -3.11. The van der Waals surface area contributed by atoms with Gasteiger partial charge in [0.05, 0.1) is 20.9 Å². The third-order valence-corrected chi connectivity index (χ3v) is 7.23. The molecule has 184 valence electrons. The fraction of sp³-hybridized carbons (Fsp3) is 0.346. The van der Waals surface area contributed by atoms with Crippen molar-refractivity contribution in [2.75, 3.05) is 39.3 Å². The molecule has 0 aliphatic carbocycles. The van der Waals surface area contributed by atoms with Crippen LogP contribution in [0, 0.1) is 6.92 Å². The van der Waals surface area contributed by atoms with E-state index in [1.165, 1.54) is 4.57 Å². The van der Waals surface area contributed by atoms with E-state index in [1.54, 1.807) is 17.4 Å². The molecule has 1 aliphatic heterocycles. The van der Waals surface area contributed by atoms with E-state index < -0.39 is 6.10 Å². The van der Waals surface area contributed by atoms with Crippen LogP contribution in [-0.2, 0) is 6.54 Å². The lowest BCUT2D eigenvalue weighted by atomic mass is 10.2. The van der Waals surface area contributed by atoms with Gasteiger partial charge in [0.25, 0.3) is 0 Å². The van der Waals surface area contributed by atoms with Crippen LogP contribution in [0.2, 0.25) is 0 Å². The number of thiazole rings is 1. The molecule has 0 saturated carbocycles. The maximum Gasteiger partial charge on any atom is 0.203 e. The van der Waals surface area contributed by atoms with Gasteiger partial charge in [-0.2, -0.15) is 0 Å². The number of benzene rings is 2. The Balaban J connectivity index is 1.10. The highest BCUT2D eigenvalue weighted by Crippen LogP contribution is 2.32. The van der Waals surface area contributed by atoms with Crippen LogP contribution < -0.4 is 4.74 Å². The molecule has 1 fully saturated rings. The van der Waals surface area contributed by atoms with E-state index in [1.807, 2.05) is 55.5 Å². The van der Waals surface area contributed by atoms with Gasteiger partial charge in [0.15, 0.2) is 5.88 Å². The number of fused-ring (bicyclic) bond motifs is 1. The molecule has 0 bridgehead atoms. The van der Waals surface area contributed by atoms with Crippen molar-refractivity contribution >= 4 is 21.6 Å². The number of nitrogens with zero attached hydrogens (tertiary/aromatic N) is 4. The number of hydrogen-bond acceptors (Lipinski definition) is 8. The van der Waals surface area contributed by atoms with Crippen LogP contribution >= 0.6 is 11.3 Å². The number of piperazine rings is 1. The molecule has 35 heavy (non-hydrogen) atoms. The topological polar surface area (TPSA) is 94.2 Å². The molecule has 3 N–H and O–H groups in total. The van der Waals surface area contributed by atoms with Crippen molar-refractivity contribution in [3.05, 3.63) is 65.2 Å². The maximum absolute atomic E-state index is 10.7. The first kappa shape index (κ1) is 23.6. The number of para-hydroxylation sites is 1. The van der Waals surface area contributed by atoms with E-state index in [0.29, 0.717) is 18.7 Å². The van der Waals surface area contributed by atoms with Crippen LogP contribution in [0.5, 0.6) is 17.5 Å². The third-order valence-electron chi connectivity index (χ3n) is 6.28. The molecule has 0 radical (unpaired) electrons. The second kappa shape index (κ2) is 10.2. The third kappa shape index (κ3) is 5.43. The van der Waals surface area contributed by atoms with Gasteiger partial charge in [0.2, 0.25) is 5.88 Å². The van der Waals surface area contributed by atoms with Crippen molar-refractivity contribution < 1.29 is 20.1 Å². The summed E-state index contributed by atoms with van der Waals surface area (Å²) >= 11 is 1.66. The number of aliphatic hydroxyl groups excluding tert-OH is 1. The highest BCUT2D eigenvalue weighted by molar-refractivity contribution is 7.18. The molecular weight excluding hydrogens is 464 g/mol. The lowest BCUT2D eigenvalue weighted by molar-refractivity contribution is 0.0445. The van der Waals surface area contributed by atoms with Gasteiger partial charge in [0, 0.05) is 57.0 Å². The van der Waals surface area contributed by atoms with Crippen molar-refractivity contribution in [1.82, 2.24) is 19.4 Å². The van der Waals surface area contributed by atoms with Crippen molar-refractivity contribution in [3.63, 3.8) is 0 Å². The van der Waals surface area contributed by atoms with Gasteiger partial charge >= 0.3 is 0 Å². The molecule has 1 unspecified atom stereocenters. The van der Waals surface area contributed by atoms with E-state index in [9.17, 15) is 15.3 Å². The predicted octanol–water partition coefficient (Wildman–Crippen LogP) is 3.36. The summed E-state index contributed by atoms with van der Waals surface area (Å²) in [6, 6.07) is 16.8. The van der Waals surface area contributed by atoms with Gasteiger partial charge in [-0.15, -0.1) is 11.3 Å². The zero-order valence-electron chi connectivity index (χ0n) is 19.7. The van der Waals surface area contributed by atoms with Gasteiger partial charge in [-0.3, -0.25) is 14.4 Å². The average molecular weight is 495 g/mol. The highest BCUT2D eigenvalue weighted by atomic mass is 32.1. The Morgan fingerprint density at radius 1 is 1.00 bits per heavy atom. The lowest BCUT2D eigenvalue weighted by Gasteiger charge is -2.35. The monoisotopic (exact) mass is 494 g/mol. The first-order valence-corrected chi connectivity index (χ1v) is 12.6. The van der Waals surface area contributed by atoms with Gasteiger partial charge in [-0.05, 0) is 31.2 Å². The zero-order chi connectivity index (χ0) is 24.4. The molecular formula is C26H30N4O4S. The largest absolute Gasteiger partial charge is 0.494 e. The van der Waals surface area contributed by atoms with Crippen LogP contribution in [-0.4, -0.2) is 80.1 Å². The van der Waals surface area contributed by atoms with Crippen molar-refractivity contribution in [3.8, 4) is 23.2 Å². The minimum absolute atomic E-state index is 0.0227. The van der Waals surface area contributed by atoms with Crippen LogP contribution in [0.15, 0.2) is 54.6 Å². The summed E-state index contributed by atoms with van der Waals surface area (Å²) in [7, 11) is 0. The van der Waals surface area contributed by atoms with Crippen molar-refractivity contribution in [2.45, 2.75) is 19.6 Å². The first-order valence-electron chi connectivity index (χ1n) is 11.8. The molecule has 1 atom stereocenters. The summed E-state index contributed by atoms with van der Waals surface area (Å²) in [6.07, 6.45) is -0.588. The Labute approximate surface area is 208 Å². The summed E-state index contributed by atoms with van der Waals surface area (Å²) in [5.41, 5.74) is 2.34. The minimum atomic E-state index is -0.588. The lowest BCUT2D eigenvalue weighted by Crippen LogP contribution is -2.48. The van der Waals surface area contributed by atoms with Gasteiger partial charge in [0.1, 0.15) is 18.5 Å². The standard InChI is InChI=1S/C26H30N4O4S/c1-18-27-23-14-22(7-8-24(23)35-18)34-17-21(31)16-29-11-9-28(10-12-29)15-19-13-25(32)30(26(19)33)20-5-3-2-4-6-20/h2-8,13-14,21,31-33H,9-12,15-17H2,1H3. The van der Waals surface area contributed by atoms with Gasteiger partial charge in [-0.25, -0.2) is 4.98 Å². The minimum Gasteiger partial charge on any atom is -0.494 e. The summed E-state index contributed by atoms with van der Waals surface area (Å²) < 4.78 is 8.40. The number of rotatable bonds is 8. The second-order valence-electron chi connectivity index (χ2n) is 8.93. The number of hydrogen-bond donors (Lipinski definition) is 3. The van der Waals surface area contributed by atoms with E-state index in [-0.39, 0.29) is 18.4 Å². The molecule has 1 saturated heterocycles. The zero-order valence-corrected chi connectivity index (χ0v) is 20.5. The second-order valence-corrected chi connectivity index (χ2v) is 10.2. The number of aliphatic hydroxyl groups is 1. The summed E-state index contributed by atoms with van der Waals surface area (Å²) in [5, 5.41) is 32.6. The SMILES string of the molecule is Cc1nc2cc(OCC(O)CN3CCN(Cc4cc(O)n(-c5ccccc5)c4O)CC3)ccc2s1. The van der Waals surface area contributed by atoms with Crippen molar-refractivity contribution in [2.24, 2.45) is 0 Å². The molecule has 0 amide bonds. The Bertz CT molecular complexity index is 1280. The Morgan fingerprint density at radius 2 is 1.74 bits per heavy atom. The first-order chi connectivity index (χ1) is 17.0. The predicted molar refractivity (Wildman–Crippen MR) is 137 cm³/mol. The van der Waals surface area contributed by atoms with Gasteiger partial charge in [-0.1, -0.05) is 18.2 Å². The Kier molecular flexibility index (Phi) is 6.92. The summed E-state index contributed by atoms with van der Waals surface area (Å²) in [5.74, 6) is 0.807. The van der Waals surface area contributed by atoms with E-state index in [0.717, 1.165) is 52.8 Å². The molecule has 0 spiro atoms. The van der Waals surface area contributed by atoms with E-state index in [4.69, 9.17) is 4.74 Å². The molecule has 2 aromatic heterocycles. The van der Waals surface area contributed by atoms with Gasteiger partial charge < -0.3 is 20.1 Å². The highest BCUT2D eigenvalue weighted by Gasteiger charge is 2.23. The van der Waals surface area contributed by atoms with Crippen LogP contribution in [0.4, 0.5) is 0 Å². The Morgan fingerprint density at radius 3 is 2.51 bits per heavy atom. The van der Waals surface area contributed by atoms with E-state index >= 15 is 0 Å². The molecule has 9 heteroatoms.